The number of carbonyl (C=O) groups excluding carboxylic acids is 1. The fourth-order valence-corrected chi connectivity index (χ4v) is 1.11. The van der Waals surface area contributed by atoms with Crippen molar-refractivity contribution in [3.8, 4) is 0 Å². The Morgan fingerprint density at radius 1 is 1.57 bits per heavy atom. The van der Waals surface area contributed by atoms with E-state index in [0.29, 0.717) is 0 Å². The van der Waals surface area contributed by atoms with Crippen LogP contribution < -0.4 is 0 Å². The van der Waals surface area contributed by atoms with Gasteiger partial charge in [-0.15, -0.1) is 0 Å². The van der Waals surface area contributed by atoms with E-state index in [0.717, 1.165) is 6.07 Å². The molecule has 1 rings (SSSR count). The van der Waals surface area contributed by atoms with Crippen molar-refractivity contribution in [2.75, 3.05) is 0 Å². The normalized spacial score (nSPS) is 10.7. The highest BCUT2D eigenvalue weighted by Gasteiger charge is 2.21. The van der Waals surface area contributed by atoms with Gasteiger partial charge in [0.05, 0.1) is 5.56 Å². The Hall–Kier alpha value is -1.10. The molecule has 0 saturated carbocycles. The van der Waals surface area contributed by atoms with E-state index in [2.05, 4.69) is 4.98 Å². The molecule has 76 valence electrons. The highest BCUT2D eigenvalue weighted by molar-refractivity contribution is 6.67. The molecular weight excluding hydrogens is 219 g/mol. The van der Waals surface area contributed by atoms with Crippen LogP contribution in [0.3, 0.4) is 0 Å². The summed E-state index contributed by atoms with van der Waals surface area (Å²) >= 11 is 5.01. The van der Waals surface area contributed by atoms with Gasteiger partial charge in [-0.05, 0) is 24.6 Å². The molecule has 0 atom stereocenters. The Kier molecular flexibility index (Phi) is 3.10. The molecule has 6 heteroatoms. The summed E-state index contributed by atoms with van der Waals surface area (Å²) in [5.74, 6) is -1.36. The fourth-order valence-electron chi connectivity index (χ4n) is 0.969. The number of hydrogen-bond acceptors (Lipinski definition) is 2. The summed E-state index contributed by atoms with van der Waals surface area (Å²) in [5.41, 5.74) is -1.51. The summed E-state index contributed by atoms with van der Waals surface area (Å²) in [7, 11) is 0. The smallest absolute Gasteiger partial charge is 0.275 e. The first-order chi connectivity index (χ1) is 6.43. The number of alkyl halides is 2. The molecule has 2 nitrogen and oxygen atoms in total. The summed E-state index contributed by atoms with van der Waals surface area (Å²) < 4.78 is 37.5. The second kappa shape index (κ2) is 3.96. The summed E-state index contributed by atoms with van der Waals surface area (Å²) in [6.07, 6.45) is -3.07. The van der Waals surface area contributed by atoms with Crippen molar-refractivity contribution in [2.24, 2.45) is 0 Å². The molecule has 14 heavy (non-hydrogen) atoms. The van der Waals surface area contributed by atoms with Gasteiger partial charge >= 0.3 is 0 Å². The van der Waals surface area contributed by atoms with E-state index in [-0.39, 0.29) is 5.69 Å². The van der Waals surface area contributed by atoms with Crippen molar-refractivity contribution in [3.63, 3.8) is 0 Å². The molecule has 0 aliphatic carbocycles. The van der Waals surface area contributed by atoms with Crippen LogP contribution in [0.4, 0.5) is 13.2 Å². The molecule has 0 bridgehead atoms. The Balaban J connectivity index is 3.40. The second-order valence-corrected chi connectivity index (χ2v) is 2.93. The minimum atomic E-state index is -3.07. The minimum absolute atomic E-state index is 0.116. The molecule has 0 aromatic carbocycles. The first kappa shape index (κ1) is 11.0. The standard InChI is InChI=1S/C8H5ClF3NO/c1-3-2-4(7(9)14)5(10)6(13-3)8(11)12/h2,8H,1H3. The molecule has 0 aliphatic rings. The van der Waals surface area contributed by atoms with Gasteiger partial charge in [0.2, 0.25) is 0 Å². The van der Waals surface area contributed by atoms with Crippen LogP contribution in [0.2, 0.25) is 0 Å². The SMILES string of the molecule is Cc1cc(C(=O)Cl)c(F)c(C(F)F)n1. The van der Waals surface area contributed by atoms with Crippen molar-refractivity contribution < 1.29 is 18.0 Å². The van der Waals surface area contributed by atoms with Gasteiger partial charge in [-0.3, -0.25) is 4.79 Å². The maximum atomic E-state index is 13.1. The Morgan fingerprint density at radius 2 is 2.14 bits per heavy atom. The van der Waals surface area contributed by atoms with Gasteiger partial charge in [0.15, 0.2) is 5.82 Å². The molecule has 0 amide bonds. The number of rotatable bonds is 2. The van der Waals surface area contributed by atoms with Crippen molar-refractivity contribution in [2.45, 2.75) is 13.3 Å². The van der Waals surface area contributed by atoms with Crippen molar-refractivity contribution >= 4 is 16.8 Å². The van der Waals surface area contributed by atoms with Gasteiger partial charge < -0.3 is 0 Å². The highest BCUT2D eigenvalue weighted by atomic mass is 35.5. The molecule has 0 unspecified atom stereocenters. The first-order valence-corrected chi connectivity index (χ1v) is 3.96. The van der Waals surface area contributed by atoms with Crippen LogP contribution in [0.25, 0.3) is 0 Å². The second-order valence-electron chi connectivity index (χ2n) is 2.58. The lowest BCUT2D eigenvalue weighted by Crippen LogP contribution is -2.05. The molecular formula is C8H5ClF3NO. The lowest BCUT2D eigenvalue weighted by molar-refractivity contribution is 0.107. The predicted molar refractivity (Wildman–Crippen MR) is 44.1 cm³/mol. The van der Waals surface area contributed by atoms with E-state index >= 15 is 0 Å². The monoisotopic (exact) mass is 223 g/mol. The number of halogens is 4. The number of hydrogen-bond donors (Lipinski definition) is 0. The van der Waals surface area contributed by atoms with Gasteiger partial charge in [0.25, 0.3) is 11.7 Å². The average molecular weight is 224 g/mol. The fraction of sp³-hybridized carbons (Fsp3) is 0.250. The number of aromatic nitrogens is 1. The third-order valence-electron chi connectivity index (χ3n) is 1.53. The summed E-state index contributed by atoms with van der Waals surface area (Å²) in [6.45, 7) is 1.37. The lowest BCUT2D eigenvalue weighted by Gasteiger charge is -2.05. The van der Waals surface area contributed by atoms with E-state index in [1.165, 1.54) is 6.92 Å². The van der Waals surface area contributed by atoms with Crippen LogP contribution in [-0.4, -0.2) is 10.2 Å². The van der Waals surface area contributed by atoms with Gasteiger partial charge in [0, 0.05) is 5.69 Å². The van der Waals surface area contributed by atoms with Crippen LogP contribution in [0.1, 0.15) is 28.2 Å². The predicted octanol–water partition coefficient (Wildman–Crippen LogP) is 2.85. The van der Waals surface area contributed by atoms with Gasteiger partial charge in [-0.2, -0.15) is 0 Å². The highest BCUT2D eigenvalue weighted by Crippen LogP contribution is 2.23. The van der Waals surface area contributed by atoms with Crippen LogP contribution in [0, 0.1) is 12.7 Å². The number of pyridine rings is 1. The van der Waals surface area contributed by atoms with Crippen LogP contribution in [0.15, 0.2) is 6.07 Å². The number of nitrogens with zero attached hydrogens (tertiary/aromatic N) is 1. The number of aryl methyl sites for hydroxylation is 1. The van der Waals surface area contributed by atoms with E-state index in [1.807, 2.05) is 0 Å². The summed E-state index contributed by atoms with van der Waals surface area (Å²) in [4.78, 5) is 13.9. The molecule has 0 N–H and O–H groups in total. The third kappa shape index (κ3) is 2.04. The van der Waals surface area contributed by atoms with Crippen molar-refractivity contribution in [3.05, 3.63) is 28.8 Å². The maximum Gasteiger partial charge on any atom is 0.283 e. The first-order valence-electron chi connectivity index (χ1n) is 3.58. The summed E-state index contributed by atoms with van der Waals surface area (Å²) in [6, 6.07) is 1.02. The Labute approximate surface area is 82.7 Å². The molecule has 0 fully saturated rings. The van der Waals surface area contributed by atoms with E-state index in [4.69, 9.17) is 11.6 Å². The Morgan fingerprint density at radius 3 is 2.57 bits per heavy atom. The van der Waals surface area contributed by atoms with Crippen LogP contribution in [0.5, 0.6) is 0 Å². The maximum absolute atomic E-state index is 13.1. The average Bonchev–Trinajstić information content (AvgIpc) is 2.07. The Bertz CT molecular complexity index is 381. The van der Waals surface area contributed by atoms with Gasteiger partial charge in [-0.25, -0.2) is 18.2 Å². The molecule has 1 heterocycles. The number of carbonyl (C=O) groups is 1. The van der Waals surface area contributed by atoms with Crippen molar-refractivity contribution in [1.29, 1.82) is 0 Å². The quantitative estimate of drug-likeness (QED) is 0.722. The zero-order valence-corrected chi connectivity index (χ0v) is 7.78. The molecule has 0 spiro atoms. The van der Waals surface area contributed by atoms with E-state index in [1.54, 1.807) is 0 Å². The summed E-state index contributed by atoms with van der Waals surface area (Å²) in [5, 5.41) is -1.12. The van der Waals surface area contributed by atoms with E-state index < -0.39 is 28.7 Å². The topological polar surface area (TPSA) is 30.0 Å². The minimum Gasteiger partial charge on any atom is -0.275 e. The van der Waals surface area contributed by atoms with E-state index in [9.17, 15) is 18.0 Å². The third-order valence-corrected chi connectivity index (χ3v) is 1.73. The largest absolute Gasteiger partial charge is 0.283 e. The lowest BCUT2D eigenvalue weighted by atomic mass is 10.2. The molecule has 0 radical (unpaired) electrons. The molecule has 0 aliphatic heterocycles. The zero-order chi connectivity index (χ0) is 10.9. The van der Waals surface area contributed by atoms with Crippen LogP contribution in [-0.2, 0) is 0 Å². The molecule has 1 aromatic heterocycles. The van der Waals surface area contributed by atoms with Gasteiger partial charge in [0.1, 0.15) is 5.69 Å². The molecule has 0 saturated heterocycles. The van der Waals surface area contributed by atoms with Gasteiger partial charge in [-0.1, -0.05) is 0 Å². The van der Waals surface area contributed by atoms with Crippen LogP contribution >= 0.6 is 11.6 Å². The molecule has 1 aromatic rings. The van der Waals surface area contributed by atoms with Crippen molar-refractivity contribution in [1.82, 2.24) is 4.98 Å². The zero-order valence-electron chi connectivity index (χ0n) is 7.02.